The third kappa shape index (κ3) is 4.51. The van der Waals surface area contributed by atoms with E-state index in [0.29, 0.717) is 25.8 Å². The van der Waals surface area contributed by atoms with Crippen molar-refractivity contribution >= 4 is 18.0 Å². The number of alkyl carbamates (subject to hydrolysis) is 1. The number of hydrogen-bond acceptors (Lipinski definition) is 4. The molecule has 184 valence electrons. The van der Waals surface area contributed by atoms with Gasteiger partial charge in [0.2, 0.25) is 5.91 Å². The molecule has 0 aliphatic heterocycles. The molecule has 4 atom stereocenters. The van der Waals surface area contributed by atoms with Crippen LogP contribution in [0.15, 0.2) is 48.5 Å². The minimum atomic E-state index is -0.803. The van der Waals surface area contributed by atoms with Gasteiger partial charge in [-0.2, -0.15) is 0 Å². The number of amides is 2. The molecule has 3 N–H and O–H groups in total. The molecular weight excluding hydrogens is 444 g/mol. The normalized spacial score (nSPS) is 26.8. The molecule has 7 nitrogen and oxygen atoms in total. The van der Waals surface area contributed by atoms with E-state index in [1.165, 1.54) is 11.1 Å². The summed E-state index contributed by atoms with van der Waals surface area (Å²) in [5, 5.41) is 15.0. The fourth-order valence-electron chi connectivity index (χ4n) is 5.82. The van der Waals surface area contributed by atoms with Crippen LogP contribution >= 0.6 is 0 Å². The number of benzene rings is 2. The molecule has 2 aromatic carbocycles. The topological polar surface area (TPSA) is 105 Å². The number of hydrogen-bond donors (Lipinski definition) is 3. The van der Waals surface area contributed by atoms with E-state index < -0.39 is 17.5 Å². The highest BCUT2D eigenvalue weighted by atomic mass is 16.5. The van der Waals surface area contributed by atoms with E-state index in [1.54, 1.807) is 0 Å². The van der Waals surface area contributed by atoms with Gasteiger partial charge < -0.3 is 20.5 Å². The maximum Gasteiger partial charge on any atom is 0.407 e. The minimum Gasteiger partial charge on any atom is -0.481 e. The smallest absolute Gasteiger partial charge is 0.407 e. The number of aliphatic carboxylic acids is 1. The second-order valence-electron chi connectivity index (χ2n) is 10.3. The van der Waals surface area contributed by atoms with Gasteiger partial charge in [0, 0.05) is 18.5 Å². The van der Waals surface area contributed by atoms with Crippen LogP contribution in [0.25, 0.3) is 11.1 Å². The van der Waals surface area contributed by atoms with E-state index in [2.05, 4.69) is 34.9 Å². The van der Waals surface area contributed by atoms with Gasteiger partial charge in [0.25, 0.3) is 0 Å². The Kier molecular flexibility index (Phi) is 6.26. The van der Waals surface area contributed by atoms with Crippen LogP contribution in [0, 0.1) is 17.3 Å². The Morgan fingerprint density at radius 2 is 1.69 bits per heavy atom. The Hall–Kier alpha value is -3.35. The zero-order valence-electron chi connectivity index (χ0n) is 20.0. The Morgan fingerprint density at radius 1 is 1.03 bits per heavy atom. The van der Waals surface area contributed by atoms with Crippen LogP contribution in [0.1, 0.15) is 56.1 Å². The molecule has 7 heteroatoms. The highest BCUT2D eigenvalue weighted by molar-refractivity contribution is 5.84. The Bertz CT molecular complexity index is 1100. The van der Waals surface area contributed by atoms with Gasteiger partial charge >= 0.3 is 12.1 Å². The summed E-state index contributed by atoms with van der Waals surface area (Å²) in [6, 6.07) is 16.1. The zero-order valence-corrected chi connectivity index (χ0v) is 20.0. The summed E-state index contributed by atoms with van der Waals surface area (Å²) in [6.45, 7) is 2.48. The quantitative estimate of drug-likeness (QED) is 0.552. The number of carboxylic acids is 1. The molecule has 35 heavy (non-hydrogen) atoms. The maximum atomic E-state index is 13.1. The molecule has 2 unspecified atom stereocenters. The van der Waals surface area contributed by atoms with Crippen molar-refractivity contribution in [3.63, 3.8) is 0 Å². The van der Waals surface area contributed by atoms with Crippen LogP contribution in [0.4, 0.5) is 4.79 Å². The summed E-state index contributed by atoms with van der Waals surface area (Å²) in [7, 11) is 0. The van der Waals surface area contributed by atoms with E-state index in [0.717, 1.165) is 24.0 Å². The third-order valence-corrected chi connectivity index (χ3v) is 8.13. The van der Waals surface area contributed by atoms with E-state index in [-0.39, 0.29) is 36.3 Å². The van der Waals surface area contributed by atoms with Crippen LogP contribution in [0.2, 0.25) is 0 Å². The van der Waals surface area contributed by atoms with Gasteiger partial charge in [-0.1, -0.05) is 61.4 Å². The van der Waals surface area contributed by atoms with E-state index in [9.17, 15) is 14.4 Å². The van der Waals surface area contributed by atoms with Crippen molar-refractivity contribution < 1.29 is 24.2 Å². The SMILES string of the molecule is CC1(C(=O)NC[C@@H]2C[C@@H]2C(=O)O)CCCCC1NC(=O)OCC1c2ccccc2-c2ccccc21. The molecule has 0 heterocycles. The average Bonchev–Trinajstić information content (AvgIpc) is 3.58. The summed E-state index contributed by atoms with van der Waals surface area (Å²) in [4.78, 5) is 37.1. The number of carbonyl (C=O) groups excluding carboxylic acids is 2. The van der Waals surface area contributed by atoms with E-state index in [1.807, 2.05) is 31.2 Å². The Balaban J connectivity index is 1.20. The summed E-state index contributed by atoms with van der Waals surface area (Å²) < 4.78 is 5.72. The van der Waals surface area contributed by atoms with Crippen molar-refractivity contribution in [1.82, 2.24) is 10.6 Å². The molecule has 0 bridgehead atoms. The van der Waals surface area contributed by atoms with Crippen LogP contribution in [0.5, 0.6) is 0 Å². The van der Waals surface area contributed by atoms with Gasteiger partial charge in [-0.25, -0.2) is 4.79 Å². The van der Waals surface area contributed by atoms with Gasteiger partial charge in [0.1, 0.15) is 6.61 Å². The number of fused-ring (bicyclic) bond motifs is 3. The lowest BCUT2D eigenvalue weighted by molar-refractivity contribution is -0.139. The first-order valence-electron chi connectivity index (χ1n) is 12.5. The molecule has 2 amide bonds. The second-order valence-corrected chi connectivity index (χ2v) is 10.3. The third-order valence-electron chi connectivity index (χ3n) is 8.13. The fourth-order valence-corrected chi connectivity index (χ4v) is 5.82. The predicted octanol–water partition coefficient (Wildman–Crippen LogP) is 4.31. The number of carboxylic acid groups (broad SMARTS) is 1. The first kappa shape index (κ1) is 23.4. The largest absolute Gasteiger partial charge is 0.481 e. The molecule has 0 radical (unpaired) electrons. The van der Waals surface area contributed by atoms with Crippen LogP contribution in [-0.2, 0) is 14.3 Å². The van der Waals surface area contributed by atoms with Crippen LogP contribution in [0.3, 0.4) is 0 Å². The predicted molar refractivity (Wildman–Crippen MR) is 131 cm³/mol. The van der Waals surface area contributed by atoms with Crippen LogP contribution < -0.4 is 10.6 Å². The van der Waals surface area contributed by atoms with Crippen molar-refractivity contribution in [3.8, 4) is 11.1 Å². The minimum absolute atomic E-state index is 0.00261. The standard InChI is InChI=1S/C28H32N2O5/c1-28(26(33)29-15-17-14-22(17)25(31)32)13-7-6-12-24(28)30-27(34)35-16-23-20-10-4-2-8-18(20)19-9-3-5-11-21(19)23/h2-5,8-11,17,22-24H,6-7,12-16H2,1H3,(H,29,33)(H,30,34)(H,31,32)/t17-,22-,24?,28?/m0/s1. The summed E-state index contributed by atoms with van der Waals surface area (Å²) in [5.74, 6) is -1.31. The highest BCUT2D eigenvalue weighted by Gasteiger charge is 2.47. The molecule has 2 fully saturated rings. The average molecular weight is 477 g/mol. The first-order chi connectivity index (χ1) is 16.9. The number of ether oxygens (including phenoxy) is 1. The summed E-state index contributed by atoms with van der Waals surface area (Å²) in [6.07, 6.45) is 3.31. The van der Waals surface area contributed by atoms with Gasteiger partial charge in [0.15, 0.2) is 0 Å². The van der Waals surface area contributed by atoms with Gasteiger partial charge in [-0.3, -0.25) is 9.59 Å². The van der Waals surface area contributed by atoms with Crippen molar-refractivity contribution in [2.45, 2.75) is 51.0 Å². The van der Waals surface area contributed by atoms with E-state index >= 15 is 0 Å². The molecule has 2 aromatic rings. The number of carbonyl (C=O) groups is 3. The van der Waals surface area contributed by atoms with Gasteiger partial charge in [0.05, 0.1) is 11.3 Å². The lowest BCUT2D eigenvalue weighted by Crippen LogP contribution is -2.56. The van der Waals surface area contributed by atoms with Crippen LogP contribution in [-0.4, -0.2) is 42.3 Å². The van der Waals surface area contributed by atoms with Crippen molar-refractivity contribution in [3.05, 3.63) is 59.7 Å². The molecule has 0 saturated heterocycles. The summed E-state index contributed by atoms with van der Waals surface area (Å²) >= 11 is 0. The van der Waals surface area contributed by atoms with E-state index in [4.69, 9.17) is 9.84 Å². The Morgan fingerprint density at radius 3 is 2.31 bits per heavy atom. The molecular formula is C28H32N2O5. The lowest BCUT2D eigenvalue weighted by Gasteiger charge is -2.40. The monoisotopic (exact) mass is 476 g/mol. The van der Waals surface area contributed by atoms with Crippen molar-refractivity contribution in [2.75, 3.05) is 13.2 Å². The van der Waals surface area contributed by atoms with Crippen molar-refractivity contribution in [2.24, 2.45) is 17.3 Å². The Labute approximate surface area is 205 Å². The summed E-state index contributed by atoms with van der Waals surface area (Å²) in [5.41, 5.74) is 3.91. The zero-order chi connectivity index (χ0) is 24.6. The maximum absolute atomic E-state index is 13.1. The lowest BCUT2D eigenvalue weighted by atomic mass is 9.71. The number of nitrogens with one attached hydrogen (secondary N) is 2. The van der Waals surface area contributed by atoms with Crippen molar-refractivity contribution in [1.29, 1.82) is 0 Å². The first-order valence-corrected chi connectivity index (χ1v) is 12.5. The molecule has 3 aliphatic rings. The second kappa shape index (κ2) is 9.36. The van der Waals surface area contributed by atoms with Gasteiger partial charge in [-0.15, -0.1) is 0 Å². The highest BCUT2D eigenvalue weighted by Crippen LogP contribution is 2.44. The molecule has 5 rings (SSSR count). The number of rotatable bonds is 7. The molecule has 2 saturated carbocycles. The molecule has 0 spiro atoms. The molecule has 3 aliphatic carbocycles. The molecule has 0 aromatic heterocycles. The fraction of sp³-hybridized carbons (Fsp3) is 0.464. The van der Waals surface area contributed by atoms with Gasteiger partial charge in [-0.05, 0) is 54.4 Å².